The number of alkyl halides is 3. The number of anilines is 1. The van der Waals surface area contributed by atoms with Crippen LogP contribution in [0.15, 0.2) is 22.7 Å². The summed E-state index contributed by atoms with van der Waals surface area (Å²) in [7, 11) is 0. The molecular weight excluding hydrogens is 299 g/mol. The molecular formula is C11H11BrF3NO. The molecule has 1 aliphatic heterocycles. The van der Waals surface area contributed by atoms with Crippen molar-refractivity contribution in [3.63, 3.8) is 0 Å². The van der Waals surface area contributed by atoms with Gasteiger partial charge < -0.3 is 9.64 Å². The minimum Gasteiger partial charge on any atom is -0.378 e. The van der Waals surface area contributed by atoms with Gasteiger partial charge in [0.2, 0.25) is 0 Å². The van der Waals surface area contributed by atoms with Crippen molar-refractivity contribution in [2.45, 2.75) is 6.18 Å². The van der Waals surface area contributed by atoms with Gasteiger partial charge in [0, 0.05) is 23.2 Å². The van der Waals surface area contributed by atoms with Crippen LogP contribution in [0, 0.1) is 0 Å². The zero-order chi connectivity index (χ0) is 12.5. The number of hydrogen-bond acceptors (Lipinski definition) is 2. The number of halogens is 4. The topological polar surface area (TPSA) is 12.5 Å². The van der Waals surface area contributed by atoms with Gasteiger partial charge in [-0.3, -0.25) is 0 Å². The van der Waals surface area contributed by atoms with E-state index in [4.69, 9.17) is 4.74 Å². The Kier molecular flexibility index (Phi) is 3.63. The van der Waals surface area contributed by atoms with E-state index in [1.165, 1.54) is 6.07 Å². The van der Waals surface area contributed by atoms with Gasteiger partial charge in [-0.05, 0) is 18.2 Å². The van der Waals surface area contributed by atoms with Crippen LogP contribution in [0.2, 0.25) is 0 Å². The van der Waals surface area contributed by atoms with Gasteiger partial charge >= 0.3 is 6.18 Å². The maximum absolute atomic E-state index is 12.7. The highest BCUT2D eigenvalue weighted by Gasteiger charge is 2.31. The molecule has 1 aliphatic rings. The lowest BCUT2D eigenvalue weighted by atomic mass is 10.1. The molecule has 2 nitrogen and oxygen atoms in total. The van der Waals surface area contributed by atoms with Crippen molar-refractivity contribution in [3.05, 3.63) is 28.2 Å². The molecule has 0 saturated carbocycles. The van der Waals surface area contributed by atoms with Gasteiger partial charge in [-0.15, -0.1) is 0 Å². The number of morpholine rings is 1. The molecule has 0 bridgehead atoms. The number of rotatable bonds is 1. The SMILES string of the molecule is FC(F)(F)c1cc(Br)cc(N2CCOCC2)c1. The first-order chi connectivity index (χ1) is 7.97. The summed E-state index contributed by atoms with van der Waals surface area (Å²) in [4.78, 5) is 1.89. The van der Waals surface area contributed by atoms with Crippen LogP contribution >= 0.6 is 15.9 Å². The molecule has 0 N–H and O–H groups in total. The van der Waals surface area contributed by atoms with E-state index in [-0.39, 0.29) is 0 Å². The number of nitrogens with zero attached hydrogens (tertiary/aromatic N) is 1. The number of hydrogen-bond donors (Lipinski definition) is 0. The van der Waals surface area contributed by atoms with Crippen molar-refractivity contribution in [3.8, 4) is 0 Å². The van der Waals surface area contributed by atoms with Crippen molar-refractivity contribution < 1.29 is 17.9 Å². The average molecular weight is 310 g/mol. The van der Waals surface area contributed by atoms with Crippen molar-refractivity contribution in [2.75, 3.05) is 31.2 Å². The van der Waals surface area contributed by atoms with Gasteiger partial charge in [0.15, 0.2) is 0 Å². The first kappa shape index (κ1) is 12.7. The second-order valence-electron chi connectivity index (χ2n) is 3.80. The van der Waals surface area contributed by atoms with Crippen molar-refractivity contribution in [1.29, 1.82) is 0 Å². The van der Waals surface area contributed by atoms with Crippen LogP contribution in [0.25, 0.3) is 0 Å². The highest BCUT2D eigenvalue weighted by molar-refractivity contribution is 9.10. The third kappa shape index (κ3) is 3.13. The van der Waals surface area contributed by atoms with Crippen LogP contribution in [-0.4, -0.2) is 26.3 Å². The summed E-state index contributed by atoms with van der Waals surface area (Å²) >= 11 is 3.11. The van der Waals surface area contributed by atoms with E-state index >= 15 is 0 Å². The van der Waals surface area contributed by atoms with Crippen LogP contribution in [-0.2, 0) is 10.9 Å². The van der Waals surface area contributed by atoms with E-state index in [9.17, 15) is 13.2 Å². The van der Waals surface area contributed by atoms with Gasteiger partial charge in [-0.25, -0.2) is 0 Å². The minimum absolute atomic E-state index is 0.439. The third-order valence-electron chi connectivity index (χ3n) is 2.59. The maximum atomic E-state index is 12.7. The van der Waals surface area contributed by atoms with Gasteiger partial charge in [-0.1, -0.05) is 15.9 Å². The highest BCUT2D eigenvalue weighted by atomic mass is 79.9. The van der Waals surface area contributed by atoms with Crippen molar-refractivity contribution >= 4 is 21.6 Å². The Morgan fingerprint density at radius 1 is 1.12 bits per heavy atom. The normalized spacial score (nSPS) is 17.3. The maximum Gasteiger partial charge on any atom is 0.416 e. The van der Waals surface area contributed by atoms with E-state index < -0.39 is 11.7 Å². The van der Waals surface area contributed by atoms with Gasteiger partial charge in [0.1, 0.15) is 0 Å². The van der Waals surface area contributed by atoms with Gasteiger partial charge in [0.25, 0.3) is 0 Å². The lowest BCUT2D eigenvalue weighted by Crippen LogP contribution is -2.36. The fourth-order valence-electron chi connectivity index (χ4n) is 1.74. The molecule has 0 unspecified atom stereocenters. The van der Waals surface area contributed by atoms with Crippen LogP contribution in [0.4, 0.5) is 18.9 Å². The highest BCUT2D eigenvalue weighted by Crippen LogP contribution is 2.34. The molecule has 0 spiro atoms. The predicted octanol–water partition coefficient (Wildman–Crippen LogP) is 3.30. The Labute approximate surface area is 105 Å². The van der Waals surface area contributed by atoms with Crippen LogP contribution in [0.1, 0.15) is 5.56 Å². The van der Waals surface area contributed by atoms with E-state index in [0.717, 1.165) is 6.07 Å². The fraction of sp³-hybridized carbons (Fsp3) is 0.455. The van der Waals surface area contributed by atoms with Crippen LogP contribution in [0.5, 0.6) is 0 Å². The zero-order valence-electron chi connectivity index (χ0n) is 8.93. The van der Waals surface area contributed by atoms with Crippen molar-refractivity contribution in [2.24, 2.45) is 0 Å². The molecule has 0 aromatic heterocycles. The number of benzene rings is 1. The van der Waals surface area contributed by atoms with E-state index in [1.54, 1.807) is 6.07 Å². The molecule has 0 aliphatic carbocycles. The smallest absolute Gasteiger partial charge is 0.378 e. The Bertz CT molecular complexity index is 402. The van der Waals surface area contributed by atoms with Gasteiger partial charge in [0.05, 0.1) is 18.8 Å². The molecule has 2 rings (SSSR count). The second kappa shape index (κ2) is 4.86. The Balaban J connectivity index is 2.31. The van der Waals surface area contributed by atoms with E-state index in [0.29, 0.717) is 36.5 Å². The first-order valence-corrected chi connectivity index (χ1v) is 5.96. The van der Waals surface area contributed by atoms with Crippen molar-refractivity contribution in [1.82, 2.24) is 0 Å². The molecule has 1 heterocycles. The molecule has 17 heavy (non-hydrogen) atoms. The van der Waals surface area contributed by atoms with E-state index in [2.05, 4.69) is 15.9 Å². The summed E-state index contributed by atoms with van der Waals surface area (Å²) in [6.07, 6.45) is -4.31. The summed E-state index contributed by atoms with van der Waals surface area (Å²) in [5, 5.41) is 0. The molecule has 0 amide bonds. The molecule has 94 valence electrons. The first-order valence-electron chi connectivity index (χ1n) is 5.17. The Hall–Kier alpha value is -0.750. The number of ether oxygens (including phenoxy) is 1. The molecule has 1 saturated heterocycles. The molecule has 1 fully saturated rings. The second-order valence-corrected chi connectivity index (χ2v) is 4.71. The molecule has 6 heteroatoms. The fourth-order valence-corrected chi connectivity index (χ4v) is 2.22. The Morgan fingerprint density at radius 3 is 2.35 bits per heavy atom. The monoisotopic (exact) mass is 309 g/mol. The minimum atomic E-state index is -4.31. The lowest BCUT2D eigenvalue weighted by Gasteiger charge is -2.29. The van der Waals surface area contributed by atoms with Gasteiger partial charge in [-0.2, -0.15) is 13.2 Å². The van der Waals surface area contributed by atoms with Crippen LogP contribution in [0.3, 0.4) is 0 Å². The summed E-state index contributed by atoms with van der Waals surface area (Å²) in [6, 6.07) is 3.96. The summed E-state index contributed by atoms with van der Waals surface area (Å²) in [6.45, 7) is 2.34. The van der Waals surface area contributed by atoms with E-state index in [1.807, 2.05) is 4.90 Å². The average Bonchev–Trinajstić information content (AvgIpc) is 2.28. The molecule has 0 radical (unpaired) electrons. The third-order valence-corrected chi connectivity index (χ3v) is 3.04. The van der Waals surface area contributed by atoms with Crippen LogP contribution < -0.4 is 4.90 Å². The largest absolute Gasteiger partial charge is 0.416 e. The summed E-state index contributed by atoms with van der Waals surface area (Å²) < 4.78 is 43.6. The molecule has 1 aromatic rings. The molecule has 0 atom stereocenters. The standard InChI is InChI=1S/C11H11BrF3NO/c12-9-5-8(11(13,14)15)6-10(7-9)16-1-3-17-4-2-16/h5-7H,1-4H2. The predicted molar refractivity (Wildman–Crippen MR) is 62.2 cm³/mol. The molecule has 1 aromatic carbocycles. The lowest BCUT2D eigenvalue weighted by molar-refractivity contribution is -0.137. The summed E-state index contributed by atoms with van der Waals surface area (Å²) in [5.41, 5.74) is -0.0524. The summed E-state index contributed by atoms with van der Waals surface area (Å²) in [5.74, 6) is 0. The quantitative estimate of drug-likeness (QED) is 0.789. The Morgan fingerprint density at radius 2 is 1.76 bits per heavy atom. The zero-order valence-corrected chi connectivity index (χ0v) is 10.5.